The van der Waals surface area contributed by atoms with Crippen LogP contribution in [0.5, 0.6) is 0 Å². The minimum Gasteiger partial charge on any atom is -0.404 e. The predicted molar refractivity (Wildman–Crippen MR) is 129 cm³/mol. The number of hydrogen-bond acceptors (Lipinski definition) is 6. The van der Waals surface area contributed by atoms with Crippen molar-refractivity contribution in [3.8, 4) is 6.07 Å². The molecule has 0 aliphatic carbocycles. The topological polar surface area (TPSA) is 134 Å². The second-order valence-corrected chi connectivity index (χ2v) is 7.46. The van der Waals surface area contributed by atoms with E-state index >= 15 is 0 Å². The molecule has 3 aromatic carbocycles. The van der Waals surface area contributed by atoms with Gasteiger partial charge in [0, 0.05) is 52.1 Å². The van der Waals surface area contributed by atoms with Crippen molar-refractivity contribution in [2.24, 2.45) is 16.5 Å². The van der Waals surface area contributed by atoms with Gasteiger partial charge >= 0.3 is 0 Å². The van der Waals surface area contributed by atoms with Gasteiger partial charge in [-0.15, -0.1) is 0 Å². The van der Waals surface area contributed by atoms with Crippen LogP contribution < -0.4 is 17.0 Å². The van der Waals surface area contributed by atoms with Crippen LogP contribution in [-0.4, -0.2) is 23.0 Å². The smallest absolute Gasteiger partial charge is 0.272 e. The highest BCUT2D eigenvalue weighted by Crippen LogP contribution is 2.31. The van der Waals surface area contributed by atoms with Gasteiger partial charge in [0.15, 0.2) is 0 Å². The van der Waals surface area contributed by atoms with Crippen molar-refractivity contribution < 1.29 is 0 Å². The van der Waals surface area contributed by atoms with E-state index in [1.807, 2.05) is 24.3 Å². The minimum atomic E-state index is -0.301. The number of rotatable bonds is 4. The van der Waals surface area contributed by atoms with E-state index in [-0.39, 0.29) is 12.1 Å². The zero-order valence-electron chi connectivity index (χ0n) is 17.2. The van der Waals surface area contributed by atoms with Crippen molar-refractivity contribution in [2.75, 3.05) is 7.05 Å². The number of nitriles is 1. The van der Waals surface area contributed by atoms with Crippen LogP contribution in [0, 0.1) is 11.3 Å². The normalized spacial score (nSPS) is 12.3. The van der Waals surface area contributed by atoms with Gasteiger partial charge in [0.2, 0.25) is 0 Å². The summed E-state index contributed by atoms with van der Waals surface area (Å²) in [6.07, 6.45) is 1.44. The fraction of sp³-hybridized carbons (Fsp3) is 0.0833. The van der Waals surface area contributed by atoms with Gasteiger partial charge < -0.3 is 11.5 Å². The standard InChI is InChI=1S/C24H19ClN6O/c1-29-23(16-8-7-15-14(20(16)11-27)3-2-4-21(15)25)19(10-26)13-5-6-17-18(9-13)22(12-28)30-31-24(17)32/h2-10H,12,26,28H2,1H3,(H,31,32)/b19-10-,29-23?. The van der Waals surface area contributed by atoms with Crippen LogP contribution in [0.1, 0.15) is 22.4 Å². The molecule has 32 heavy (non-hydrogen) atoms. The molecule has 4 aromatic rings. The molecule has 0 amide bonds. The summed E-state index contributed by atoms with van der Waals surface area (Å²) in [5.74, 6) is 0. The second kappa shape index (κ2) is 8.63. The molecule has 0 saturated heterocycles. The minimum absolute atomic E-state index is 0.164. The van der Waals surface area contributed by atoms with Gasteiger partial charge in [0.25, 0.3) is 5.56 Å². The van der Waals surface area contributed by atoms with Crippen LogP contribution in [0.25, 0.3) is 27.1 Å². The van der Waals surface area contributed by atoms with Crippen molar-refractivity contribution in [3.63, 3.8) is 0 Å². The monoisotopic (exact) mass is 442 g/mol. The summed E-state index contributed by atoms with van der Waals surface area (Å²) in [5.41, 5.74) is 15.1. The van der Waals surface area contributed by atoms with E-state index < -0.39 is 0 Å². The third kappa shape index (κ3) is 3.42. The third-order valence-corrected chi connectivity index (χ3v) is 5.72. The first-order chi connectivity index (χ1) is 15.5. The summed E-state index contributed by atoms with van der Waals surface area (Å²) in [6, 6.07) is 16.7. The van der Waals surface area contributed by atoms with Gasteiger partial charge in [-0.25, -0.2) is 5.10 Å². The van der Waals surface area contributed by atoms with Crippen molar-refractivity contribution in [1.29, 1.82) is 5.26 Å². The summed E-state index contributed by atoms with van der Waals surface area (Å²) < 4.78 is 0. The molecule has 0 bridgehead atoms. The maximum Gasteiger partial charge on any atom is 0.272 e. The molecule has 0 fully saturated rings. The Kier molecular flexibility index (Phi) is 5.73. The van der Waals surface area contributed by atoms with Crippen LogP contribution >= 0.6 is 11.6 Å². The Morgan fingerprint density at radius 2 is 1.97 bits per heavy atom. The number of aromatic amines is 1. The van der Waals surface area contributed by atoms with E-state index in [0.717, 1.165) is 16.3 Å². The molecule has 0 saturated carbocycles. The number of nitrogens with one attached hydrogen (secondary N) is 1. The molecule has 0 aliphatic heterocycles. The average Bonchev–Trinajstić information content (AvgIpc) is 2.82. The lowest BCUT2D eigenvalue weighted by atomic mass is 9.90. The van der Waals surface area contributed by atoms with E-state index in [0.29, 0.717) is 43.9 Å². The summed E-state index contributed by atoms with van der Waals surface area (Å²) >= 11 is 6.32. The van der Waals surface area contributed by atoms with Gasteiger partial charge in [-0.1, -0.05) is 41.9 Å². The quantitative estimate of drug-likeness (QED) is 0.416. The van der Waals surface area contributed by atoms with Crippen LogP contribution in [-0.2, 0) is 6.54 Å². The van der Waals surface area contributed by atoms with Crippen molar-refractivity contribution >= 4 is 44.4 Å². The Bertz CT molecular complexity index is 1530. The van der Waals surface area contributed by atoms with Gasteiger partial charge in [-0.3, -0.25) is 9.79 Å². The molecule has 0 atom stereocenters. The highest BCUT2D eigenvalue weighted by Gasteiger charge is 2.19. The van der Waals surface area contributed by atoms with E-state index in [1.54, 1.807) is 31.3 Å². The molecule has 158 valence electrons. The molecule has 4 rings (SSSR count). The molecule has 0 radical (unpaired) electrons. The van der Waals surface area contributed by atoms with Crippen molar-refractivity contribution in [2.45, 2.75) is 6.54 Å². The highest BCUT2D eigenvalue weighted by molar-refractivity contribution is 6.37. The first-order valence-corrected chi connectivity index (χ1v) is 10.1. The first kappa shape index (κ1) is 21.2. The largest absolute Gasteiger partial charge is 0.404 e. The highest BCUT2D eigenvalue weighted by atomic mass is 35.5. The molecule has 0 aliphatic rings. The maximum absolute atomic E-state index is 12.2. The lowest BCUT2D eigenvalue weighted by Gasteiger charge is -2.15. The molecule has 0 unspecified atom stereocenters. The van der Waals surface area contributed by atoms with Gasteiger partial charge in [-0.2, -0.15) is 10.4 Å². The molecule has 8 heteroatoms. The predicted octanol–water partition coefficient (Wildman–Crippen LogP) is 3.48. The number of aromatic nitrogens is 2. The van der Waals surface area contributed by atoms with Gasteiger partial charge in [0.05, 0.1) is 22.4 Å². The Balaban J connectivity index is 1.94. The molecule has 7 nitrogen and oxygen atoms in total. The maximum atomic E-state index is 12.2. The van der Waals surface area contributed by atoms with Crippen LogP contribution in [0.4, 0.5) is 0 Å². The van der Waals surface area contributed by atoms with Crippen molar-refractivity contribution in [3.05, 3.63) is 92.5 Å². The molecule has 1 heterocycles. The van der Waals surface area contributed by atoms with Crippen molar-refractivity contribution in [1.82, 2.24) is 10.2 Å². The number of aliphatic imine (C=N–C) groups is 1. The number of nitrogens with zero attached hydrogens (tertiary/aromatic N) is 3. The van der Waals surface area contributed by atoms with E-state index in [2.05, 4.69) is 21.3 Å². The second-order valence-electron chi connectivity index (χ2n) is 7.05. The summed E-state index contributed by atoms with van der Waals surface area (Å²) in [4.78, 5) is 16.6. The zero-order valence-corrected chi connectivity index (χ0v) is 17.9. The Morgan fingerprint density at radius 3 is 2.66 bits per heavy atom. The number of halogens is 1. The molecule has 5 N–H and O–H groups in total. The van der Waals surface area contributed by atoms with Crippen LogP contribution in [0.3, 0.4) is 0 Å². The Hall–Kier alpha value is -3.99. The SMILES string of the molecule is CN=C(/C(=C\N)c1ccc2c(=O)[nH]nc(CN)c2c1)c1ccc2c(Cl)cccc2c1C#N. The first-order valence-electron chi connectivity index (χ1n) is 9.76. The number of hydrogen-bond donors (Lipinski definition) is 3. The van der Waals surface area contributed by atoms with Gasteiger partial charge in [0.1, 0.15) is 6.07 Å². The number of H-pyrrole nitrogens is 1. The van der Waals surface area contributed by atoms with Crippen LogP contribution in [0.2, 0.25) is 5.02 Å². The summed E-state index contributed by atoms with van der Waals surface area (Å²) in [5, 5.41) is 19.7. The lowest BCUT2D eigenvalue weighted by molar-refractivity contribution is 0.900. The molecular weight excluding hydrogens is 424 g/mol. The molecule has 1 aromatic heterocycles. The van der Waals surface area contributed by atoms with Gasteiger partial charge in [-0.05, 0) is 23.8 Å². The van der Waals surface area contributed by atoms with E-state index in [1.165, 1.54) is 6.20 Å². The lowest BCUT2D eigenvalue weighted by Crippen LogP contribution is -2.14. The fourth-order valence-electron chi connectivity index (χ4n) is 3.88. The average molecular weight is 443 g/mol. The Labute approximate surface area is 188 Å². The molecule has 0 spiro atoms. The van der Waals surface area contributed by atoms with Crippen LogP contribution in [0.15, 0.2) is 64.5 Å². The van der Waals surface area contributed by atoms with E-state index in [4.69, 9.17) is 23.1 Å². The number of fused-ring (bicyclic) bond motifs is 2. The van der Waals surface area contributed by atoms with E-state index in [9.17, 15) is 10.1 Å². The third-order valence-electron chi connectivity index (χ3n) is 5.39. The summed E-state index contributed by atoms with van der Waals surface area (Å²) in [6.45, 7) is 0.164. The Morgan fingerprint density at radius 1 is 1.19 bits per heavy atom. The number of allylic oxidation sites excluding steroid dienone is 1. The summed E-state index contributed by atoms with van der Waals surface area (Å²) in [7, 11) is 1.64. The molecular formula is C24H19ClN6O. The zero-order chi connectivity index (χ0) is 22.8. The fourth-order valence-corrected chi connectivity index (χ4v) is 4.12. The number of nitrogens with two attached hydrogens (primary N) is 2. The number of benzene rings is 3.